The van der Waals surface area contributed by atoms with Gasteiger partial charge in [-0.05, 0) is 42.9 Å². The van der Waals surface area contributed by atoms with E-state index in [0.717, 1.165) is 11.3 Å². The number of thiocarbonyl (C=S) groups is 1. The predicted octanol–water partition coefficient (Wildman–Crippen LogP) is 2.89. The molecule has 0 saturated carbocycles. The second kappa shape index (κ2) is 7.40. The van der Waals surface area contributed by atoms with Gasteiger partial charge in [0.2, 0.25) is 0 Å². The number of anilines is 1. The molecule has 0 saturated heterocycles. The fourth-order valence-corrected chi connectivity index (χ4v) is 1.92. The minimum atomic E-state index is -0.301. The maximum atomic E-state index is 11.7. The standard InChI is InChI=1S/C16H16N2O2S/c1-12-7-5-6-10-14(12)17-16(21)18-15(19)11-20-13-8-3-2-4-9-13/h2-10H,11H2,1H3,(H2,17,18,19,21). The van der Waals surface area contributed by atoms with Gasteiger partial charge in [-0.25, -0.2) is 0 Å². The Morgan fingerprint density at radius 3 is 2.48 bits per heavy atom. The van der Waals surface area contributed by atoms with Crippen molar-refractivity contribution in [3.63, 3.8) is 0 Å². The van der Waals surface area contributed by atoms with Gasteiger partial charge >= 0.3 is 0 Å². The summed E-state index contributed by atoms with van der Waals surface area (Å²) in [5.74, 6) is 0.343. The van der Waals surface area contributed by atoms with Gasteiger partial charge in [0.05, 0.1) is 0 Å². The van der Waals surface area contributed by atoms with E-state index in [-0.39, 0.29) is 17.6 Å². The van der Waals surface area contributed by atoms with Crippen LogP contribution in [0.4, 0.5) is 5.69 Å². The van der Waals surface area contributed by atoms with Gasteiger partial charge in [0, 0.05) is 5.69 Å². The third-order valence-electron chi connectivity index (χ3n) is 2.76. The molecule has 4 nitrogen and oxygen atoms in total. The van der Waals surface area contributed by atoms with Crippen LogP contribution in [0.3, 0.4) is 0 Å². The molecule has 0 aliphatic heterocycles. The van der Waals surface area contributed by atoms with E-state index < -0.39 is 0 Å². The first kappa shape index (κ1) is 15.0. The number of para-hydroxylation sites is 2. The molecule has 0 aromatic heterocycles. The van der Waals surface area contributed by atoms with Crippen LogP contribution in [0.1, 0.15) is 5.56 Å². The Bertz CT molecular complexity index is 629. The highest BCUT2D eigenvalue weighted by atomic mass is 32.1. The van der Waals surface area contributed by atoms with Crippen molar-refractivity contribution in [2.75, 3.05) is 11.9 Å². The lowest BCUT2D eigenvalue weighted by Gasteiger charge is -2.12. The number of aryl methyl sites for hydroxylation is 1. The molecule has 0 radical (unpaired) electrons. The summed E-state index contributed by atoms with van der Waals surface area (Å²) in [6.07, 6.45) is 0. The van der Waals surface area contributed by atoms with Crippen LogP contribution >= 0.6 is 12.2 Å². The zero-order valence-electron chi connectivity index (χ0n) is 11.6. The SMILES string of the molecule is Cc1ccccc1NC(=S)NC(=O)COc1ccccc1. The van der Waals surface area contributed by atoms with Gasteiger partial charge < -0.3 is 10.1 Å². The van der Waals surface area contributed by atoms with E-state index in [2.05, 4.69) is 10.6 Å². The summed E-state index contributed by atoms with van der Waals surface area (Å²) >= 11 is 5.10. The van der Waals surface area contributed by atoms with Gasteiger partial charge in [0.25, 0.3) is 5.91 Å². The van der Waals surface area contributed by atoms with E-state index in [0.29, 0.717) is 5.75 Å². The monoisotopic (exact) mass is 300 g/mol. The first-order valence-electron chi connectivity index (χ1n) is 6.49. The summed E-state index contributed by atoms with van der Waals surface area (Å²) in [6.45, 7) is 1.88. The number of hydrogen-bond acceptors (Lipinski definition) is 3. The summed E-state index contributed by atoms with van der Waals surface area (Å²) in [7, 11) is 0. The zero-order chi connectivity index (χ0) is 15.1. The van der Waals surface area contributed by atoms with Crippen molar-refractivity contribution in [1.29, 1.82) is 0 Å². The van der Waals surface area contributed by atoms with Gasteiger partial charge in [-0.15, -0.1) is 0 Å². The van der Waals surface area contributed by atoms with Gasteiger partial charge in [0.15, 0.2) is 11.7 Å². The molecular weight excluding hydrogens is 284 g/mol. The van der Waals surface area contributed by atoms with Gasteiger partial charge in [-0.1, -0.05) is 36.4 Å². The third-order valence-corrected chi connectivity index (χ3v) is 2.96. The van der Waals surface area contributed by atoms with E-state index in [4.69, 9.17) is 17.0 Å². The largest absolute Gasteiger partial charge is 0.484 e. The van der Waals surface area contributed by atoms with Crippen LogP contribution in [0.5, 0.6) is 5.75 Å². The Balaban J connectivity index is 1.80. The lowest BCUT2D eigenvalue weighted by atomic mass is 10.2. The lowest BCUT2D eigenvalue weighted by molar-refractivity contribution is -0.121. The molecule has 2 aromatic carbocycles. The Hall–Kier alpha value is -2.40. The zero-order valence-corrected chi connectivity index (χ0v) is 12.4. The summed E-state index contributed by atoms with van der Waals surface area (Å²) in [5.41, 5.74) is 1.92. The molecule has 0 bridgehead atoms. The van der Waals surface area contributed by atoms with Crippen molar-refractivity contribution >= 4 is 28.9 Å². The minimum Gasteiger partial charge on any atom is -0.484 e. The van der Waals surface area contributed by atoms with Crippen LogP contribution in [-0.2, 0) is 4.79 Å². The van der Waals surface area contributed by atoms with Crippen LogP contribution in [0, 0.1) is 6.92 Å². The number of carbonyl (C=O) groups excluding carboxylic acids is 1. The van der Waals surface area contributed by atoms with Crippen LogP contribution in [0.2, 0.25) is 0 Å². The van der Waals surface area contributed by atoms with Crippen molar-refractivity contribution in [2.45, 2.75) is 6.92 Å². The van der Waals surface area contributed by atoms with Crippen molar-refractivity contribution in [1.82, 2.24) is 5.32 Å². The number of amides is 1. The molecule has 2 aromatic rings. The number of carbonyl (C=O) groups is 1. The summed E-state index contributed by atoms with van der Waals surface area (Å²) in [5, 5.41) is 5.82. The minimum absolute atomic E-state index is 0.0837. The molecule has 21 heavy (non-hydrogen) atoms. The van der Waals surface area contributed by atoms with Crippen molar-refractivity contribution in [2.24, 2.45) is 0 Å². The average molecular weight is 300 g/mol. The molecule has 108 valence electrons. The molecule has 0 unspecified atom stereocenters. The Kier molecular flexibility index (Phi) is 5.29. The number of hydrogen-bond donors (Lipinski definition) is 2. The van der Waals surface area contributed by atoms with E-state index >= 15 is 0 Å². The quantitative estimate of drug-likeness (QED) is 0.853. The maximum Gasteiger partial charge on any atom is 0.264 e. The Labute approximate surface area is 129 Å². The van der Waals surface area contributed by atoms with Gasteiger partial charge in [0.1, 0.15) is 5.75 Å². The number of benzene rings is 2. The molecule has 2 rings (SSSR count). The fraction of sp³-hybridized carbons (Fsp3) is 0.125. The number of rotatable bonds is 4. The molecule has 2 N–H and O–H groups in total. The van der Waals surface area contributed by atoms with Crippen molar-refractivity contribution in [3.05, 3.63) is 60.2 Å². The highest BCUT2D eigenvalue weighted by molar-refractivity contribution is 7.80. The molecule has 0 aliphatic carbocycles. The first-order valence-corrected chi connectivity index (χ1v) is 6.90. The van der Waals surface area contributed by atoms with Crippen molar-refractivity contribution < 1.29 is 9.53 Å². The van der Waals surface area contributed by atoms with Gasteiger partial charge in [-0.3, -0.25) is 10.1 Å². The average Bonchev–Trinajstić information content (AvgIpc) is 2.48. The molecule has 5 heteroatoms. The number of nitrogens with one attached hydrogen (secondary N) is 2. The summed E-state index contributed by atoms with van der Waals surface area (Å²) in [4.78, 5) is 11.7. The molecule has 0 fully saturated rings. The second-order valence-corrected chi connectivity index (χ2v) is 4.83. The third kappa shape index (κ3) is 4.89. The Morgan fingerprint density at radius 2 is 1.76 bits per heavy atom. The smallest absolute Gasteiger partial charge is 0.264 e. The number of ether oxygens (including phenoxy) is 1. The molecule has 0 aliphatic rings. The molecule has 0 spiro atoms. The normalized spacial score (nSPS) is 9.76. The van der Waals surface area contributed by atoms with Gasteiger partial charge in [-0.2, -0.15) is 0 Å². The molecule has 1 amide bonds. The highest BCUT2D eigenvalue weighted by Gasteiger charge is 2.06. The van der Waals surface area contributed by atoms with Crippen LogP contribution in [-0.4, -0.2) is 17.6 Å². The predicted molar refractivity (Wildman–Crippen MR) is 87.5 cm³/mol. The second-order valence-electron chi connectivity index (χ2n) is 4.42. The maximum absolute atomic E-state index is 11.7. The van der Waals surface area contributed by atoms with E-state index in [1.165, 1.54) is 0 Å². The summed E-state index contributed by atoms with van der Waals surface area (Å²) < 4.78 is 5.34. The molecule has 0 heterocycles. The first-order chi connectivity index (χ1) is 10.1. The van der Waals surface area contributed by atoms with Crippen LogP contribution in [0.25, 0.3) is 0 Å². The van der Waals surface area contributed by atoms with Crippen LogP contribution in [0.15, 0.2) is 54.6 Å². The topological polar surface area (TPSA) is 50.4 Å². The van der Waals surface area contributed by atoms with E-state index in [1.54, 1.807) is 12.1 Å². The fourth-order valence-electron chi connectivity index (χ4n) is 1.70. The summed E-state index contributed by atoms with van der Waals surface area (Å²) in [6, 6.07) is 16.9. The van der Waals surface area contributed by atoms with Crippen molar-refractivity contribution in [3.8, 4) is 5.75 Å². The molecule has 0 atom stereocenters. The highest BCUT2D eigenvalue weighted by Crippen LogP contribution is 2.12. The van der Waals surface area contributed by atoms with E-state index in [1.807, 2.05) is 49.4 Å². The Morgan fingerprint density at radius 1 is 1.10 bits per heavy atom. The van der Waals surface area contributed by atoms with E-state index in [9.17, 15) is 4.79 Å². The molecular formula is C16H16N2O2S. The van der Waals surface area contributed by atoms with Crippen LogP contribution < -0.4 is 15.4 Å². The lowest BCUT2D eigenvalue weighted by Crippen LogP contribution is -2.37.